The highest BCUT2D eigenvalue weighted by atomic mass is 16.5. The van der Waals surface area contributed by atoms with Crippen LogP contribution in [0.1, 0.15) is 51.1 Å². The van der Waals surface area contributed by atoms with Crippen LogP contribution in [-0.2, 0) is 6.54 Å². The lowest BCUT2D eigenvalue weighted by atomic mass is 9.92. The van der Waals surface area contributed by atoms with Crippen LogP contribution >= 0.6 is 0 Å². The van der Waals surface area contributed by atoms with Crippen molar-refractivity contribution < 1.29 is 4.74 Å². The zero-order chi connectivity index (χ0) is 13.7. The maximum absolute atomic E-state index is 5.51. The highest BCUT2D eigenvalue weighted by molar-refractivity contribution is 5.30. The van der Waals surface area contributed by atoms with E-state index in [1.807, 2.05) is 6.20 Å². The Kier molecular flexibility index (Phi) is 5.25. The molecule has 0 spiro atoms. The quantitative estimate of drug-likeness (QED) is 0.771. The summed E-state index contributed by atoms with van der Waals surface area (Å²) in [6.07, 6.45) is 6.97. The van der Waals surface area contributed by atoms with Crippen molar-refractivity contribution in [3.05, 3.63) is 11.9 Å². The standard InChI is InChI=1S/C15H27N3O/c1-4-9-16-10-12-7-6-8-13(12)15-14(19-3)11-17-18(15)5-2/h11-13,16H,4-10H2,1-3H3. The van der Waals surface area contributed by atoms with Gasteiger partial charge >= 0.3 is 0 Å². The van der Waals surface area contributed by atoms with Crippen LogP contribution in [0.4, 0.5) is 0 Å². The summed E-state index contributed by atoms with van der Waals surface area (Å²) < 4.78 is 7.62. The van der Waals surface area contributed by atoms with Gasteiger partial charge in [0.05, 0.1) is 19.0 Å². The van der Waals surface area contributed by atoms with E-state index >= 15 is 0 Å². The first-order chi connectivity index (χ1) is 9.31. The molecule has 2 rings (SSSR count). The van der Waals surface area contributed by atoms with E-state index in [0.717, 1.165) is 31.3 Å². The van der Waals surface area contributed by atoms with Crippen LogP contribution in [0.25, 0.3) is 0 Å². The molecular weight excluding hydrogens is 238 g/mol. The van der Waals surface area contributed by atoms with Gasteiger partial charge in [0.15, 0.2) is 5.75 Å². The molecule has 108 valence electrons. The molecule has 0 radical (unpaired) electrons. The molecule has 4 heteroatoms. The van der Waals surface area contributed by atoms with Crippen LogP contribution in [0.2, 0.25) is 0 Å². The second-order valence-electron chi connectivity index (χ2n) is 5.42. The molecule has 1 saturated carbocycles. The first kappa shape index (κ1) is 14.4. The summed E-state index contributed by atoms with van der Waals surface area (Å²) in [6.45, 7) is 7.53. The monoisotopic (exact) mass is 265 g/mol. The number of rotatable bonds is 7. The molecular formula is C15H27N3O. The van der Waals surface area contributed by atoms with Gasteiger partial charge in [-0.3, -0.25) is 4.68 Å². The van der Waals surface area contributed by atoms with Crippen molar-refractivity contribution in [2.45, 2.75) is 52.0 Å². The number of nitrogens with zero attached hydrogens (tertiary/aromatic N) is 2. The second-order valence-corrected chi connectivity index (χ2v) is 5.42. The normalized spacial score (nSPS) is 22.9. The summed E-state index contributed by atoms with van der Waals surface area (Å²) in [6, 6.07) is 0. The van der Waals surface area contributed by atoms with E-state index in [2.05, 4.69) is 28.9 Å². The smallest absolute Gasteiger partial charge is 0.160 e. The van der Waals surface area contributed by atoms with Gasteiger partial charge in [0.25, 0.3) is 0 Å². The van der Waals surface area contributed by atoms with Gasteiger partial charge in [-0.25, -0.2) is 0 Å². The molecule has 2 unspecified atom stereocenters. The van der Waals surface area contributed by atoms with Crippen LogP contribution in [0.15, 0.2) is 6.20 Å². The third kappa shape index (κ3) is 3.11. The predicted molar refractivity (Wildman–Crippen MR) is 77.7 cm³/mol. The SMILES string of the molecule is CCCNCC1CCCC1c1c(OC)cnn1CC. The van der Waals surface area contributed by atoms with Gasteiger partial charge in [-0.05, 0) is 45.2 Å². The van der Waals surface area contributed by atoms with E-state index in [-0.39, 0.29) is 0 Å². The number of hydrogen-bond donors (Lipinski definition) is 1. The molecule has 1 heterocycles. The van der Waals surface area contributed by atoms with Gasteiger partial charge in [-0.2, -0.15) is 5.10 Å². The largest absolute Gasteiger partial charge is 0.493 e. The highest BCUT2D eigenvalue weighted by Crippen LogP contribution is 2.42. The van der Waals surface area contributed by atoms with E-state index in [9.17, 15) is 0 Å². The zero-order valence-corrected chi connectivity index (χ0v) is 12.5. The van der Waals surface area contributed by atoms with Crippen molar-refractivity contribution >= 4 is 0 Å². The van der Waals surface area contributed by atoms with Crippen LogP contribution < -0.4 is 10.1 Å². The molecule has 1 aromatic rings. The van der Waals surface area contributed by atoms with Crippen molar-refractivity contribution in [2.75, 3.05) is 20.2 Å². The van der Waals surface area contributed by atoms with Gasteiger partial charge in [0, 0.05) is 12.5 Å². The highest BCUT2D eigenvalue weighted by Gasteiger charge is 2.32. The molecule has 19 heavy (non-hydrogen) atoms. The number of methoxy groups -OCH3 is 1. The zero-order valence-electron chi connectivity index (χ0n) is 12.5. The fourth-order valence-corrected chi connectivity index (χ4v) is 3.27. The van der Waals surface area contributed by atoms with Crippen molar-refractivity contribution in [1.82, 2.24) is 15.1 Å². The molecule has 2 atom stereocenters. The summed E-state index contributed by atoms with van der Waals surface area (Å²) in [5.74, 6) is 2.29. The van der Waals surface area contributed by atoms with E-state index in [0.29, 0.717) is 5.92 Å². The summed E-state index contributed by atoms with van der Waals surface area (Å²) >= 11 is 0. The van der Waals surface area contributed by atoms with Gasteiger partial charge in [-0.1, -0.05) is 13.3 Å². The third-order valence-electron chi connectivity index (χ3n) is 4.21. The molecule has 1 aliphatic carbocycles. The van der Waals surface area contributed by atoms with Gasteiger partial charge in [0.2, 0.25) is 0 Å². The Bertz CT molecular complexity index is 367. The minimum absolute atomic E-state index is 0.599. The van der Waals surface area contributed by atoms with Gasteiger partial charge in [-0.15, -0.1) is 0 Å². The molecule has 0 saturated heterocycles. The minimum atomic E-state index is 0.599. The molecule has 1 N–H and O–H groups in total. The average Bonchev–Trinajstić information content (AvgIpc) is 3.03. The van der Waals surface area contributed by atoms with E-state index in [1.165, 1.54) is 31.4 Å². The lowest BCUT2D eigenvalue weighted by Gasteiger charge is -2.22. The Morgan fingerprint density at radius 2 is 2.26 bits per heavy atom. The number of aromatic nitrogens is 2. The minimum Gasteiger partial charge on any atom is -0.493 e. The predicted octanol–water partition coefficient (Wildman–Crippen LogP) is 2.79. The fourth-order valence-electron chi connectivity index (χ4n) is 3.27. The molecule has 0 amide bonds. The topological polar surface area (TPSA) is 39.1 Å². The lowest BCUT2D eigenvalue weighted by Crippen LogP contribution is -2.26. The molecule has 1 aliphatic rings. The molecule has 0 aliphatic heterocycles. The van der Waals surface area contributed by atoms with Crippen LogP contribution in [0.5, 0.6) is 5.75 Å². The third-order valence-corrected chi connectivity index (χ3v) is 4.21. The fraction of sp³-hybridized carbons (Fsp3) is 0.800. The summed E-state index contributed by atoms with van der Waals surface area (Å²) in [4.78, 5) is 0. The summed E-state index contributed by atoms with van der Waals surface area (Å²) in [5.41, 5.74) is 1.31. The Morgan fingerprint density at radius 3 is 2.95 bits per heavy atom. The first-order valence-electron chi connectivity index (χ1n) is 7.62. The van der Waals surface area contributed by atoms with Gasteiger partial charge < -0.3 is 10.1 Å². The number of hydrogen-bond acceptors (Lipinski definition) is 3. The maximum atomic E-state index is 5.51. The molecule has 1 aromatic heterocycles. The number of aryl methyl sites for hydroxylation is 1. The Balaban J connectivity index is 2.12. The van der Waals surface area contributed by atoms with Crippen molar-refractivity contribution in [2.24, 2.45) is 5.92 Å². The molecule has 0 aromatic carbocycles. The van der Waals surface area contributed by atoms with Crippen LogP contribution in [0.3, 0.4) is 0 Å². The molecule has 0 bridgehead atoms. The average molecular weight is 265 g/mol. The van der Waals surface area contributed by atoms with Crippen molar-refractivity contribution in [3.8, 4) is 5.75 Å². The van der Waals surface area contributed by atoms with E-state index in [1.54, 1.807) is 7.11 Å². The van der Waals surface area contributed by atoms with Crippen LogP contribution in [-0.4, -0.2) is 30.0 Å². The Hall–Kier alpha value is -1.03. The molecule has 4 nitrogen and oxygen atoms in total. The summed E-state index contributed by atoms with van der Waals surface area (Å²) in [5, 5.41) is 8.03. The number of ether oxygens (including phenoxy) is 1. The number of nitrogens with one attached hydrogen (secondary N) is 1. The lowest BCUT2D eigenvalue weighted by molar-refractivity contribution is 0.378. The van der Waals surface area contributed by atoms with Gasteiger partial charge in [0.1, 0.15) is 0 Å². The maximum Gasteiger partial charge on any atom is 0.160 e. The van der Waals surface area contributed by atoms with Crippen molar-refractivity contribution in [1.29, 1.82) is 0 Å². The first-order valence-corrected chi connectivity index (χ1v) is 7.62. The Morgan fingerprint density at radius 1 is 1.42 bits per heavy atom. The Labute approximate surface area is 116 Å². The summed E-state index contributed by atoms with van der Waals surface area (Å²) in [7, 11) is 1.75. The van der Waals surface area contributed by atoms with Crippen molar-refractivity contribution in [3.63, 3.8) is 0 Å². The second kappa shape index (κ2) is 6.94. The van der Waals surface area contributed by atoms with E-state index < -0.39 is 0 Å². The van der Waals surface area contributed by atoms with E-state index in [4.69, 9.17) is 4.74 Å². The molecule has 1 fully saturated rings. The van der Waals surface area contributed by atoms with Crippen LogP contribution in [0, 0.1) is 5.92 Å².